The van der Waals surface area contributed by atoms with Gasteiger partial charge in [0, 0.05) is 6.08 Å². The number of phenolic OH excluding ortho intramolecular Hbond substituents is 1. The van der Waals surface area contributed by atoms with Gasteiger partial charge in [0.15, 0.2) is 17.3 Å². The Morgan fingerprint density at radius 3 is 2.72 bits per heavy atom. The van der Waals surface area contributed by atoms with Crippen LogP contribution in [0.1, 0.15) is 12.5 Å². The number of aromatic hydroxyl groups is 1. The summed E-state index contributed by atoms with van der Waals surface area (Å²) in [6.45, 7) is 1.10. The molecule has 0 aliphatic rings. The molecular weight excluding hydrogens is 236 g/mol. The Morgan fingerprint density at radius 1 is 1.39 bits per heavy atom. The van der Waals surface area contributed by atoms with Gasteiger partial charge in [0.05, 0.1) is 7.11 Å². The number of carbonyl (C=O) groups excluding carboxylic acids is 2. The zero-order valence-electron chi connectivity index (χ0n) is 10.2. The van der Waals surface area contributed by atoms with Gasteiger partial charge in [-0.15, -0.1) is 0 Å². The fourth-order valence-electron chi connectivity index (χ4n) is 1.18. The maximum Gasteiger partial charge on any atom is 0.331 e. The van der Waals surface area contributed by atoms with Crippen LogP contribution in [0.5, 0.6) is 11.5 Å². The van der Waals surface area contributed by atoms with Gasteiger partial charge in [-0.3, -0.25) is 4.79 Å². The molecule has 1 aromatic rings. The molecule has 5 nitrogen and oxygen atoms in total. The Hall–Kier alpha value is -2.30. The van der Waals surface area contributed by atoms with Crippen molar-refractivity contribution in [2.45, 2.75) is 6.92 Å². The highest BCUT2D eigenvalue weighted by molar-refractivity contribution is 5.89. The van der Waals surface area contributed by atoms with Gasteiger partial charge in [-0.2, -0.15) is 0 Å². The molecule has 96 valence electrons. The lowest BCUT2D eigenvalue weighted by Crippen LogP contribution is -2.08. The van der Waals surface area contributed by atoms with Crippen molar-refractivity contribution in [2.75, 3.05) is 13.7 Å². The lowest BCUT2D eigenvalue weighted by atomic mass is 10.2. The minimum Gasteiger partial charge on any atom is -0.504 e. The number of phenols is 1. The number of hydrogen-bond donors (Lipinski definition) is 1. The molecule has 0 aromatic heterocycles. The number of Topliss-reactive ketones (excluding diaryl/α,β-unsaturated/α-hetero) is 1. The molecule has 0 heterocycles. The molecule has 1 aromatic carbocycles. The van der Waals surface area contributed by atoms with Crippen LogP contribution in [-0.2, 0) is 14.3 Å². The molecule has 1 rings (SSSR count). The van der Waals surface area contributed by atoms with E-state index in [-0.39, 0.29) is 18.1 Å². The summed E-state index contributed by atoms with van der Waals surface area (Å²) in [6, 6.07) is 4.65. The summed E-state index contributed by atoms with van der Waals surface area (Å²) in [5.74, 6) is -0.483. The number of methoxy groups -OCH3 is 1. The van der Waals surface area contributed by atoms with Crippen LogP contribution in [0, 0.1) is 0 Å². The number of ether oxygens (including phenoxy) is 2. The molecule has 0 saturated heterocycles. The highest BCUT2D eigenvalue weighted by Gasteiger charge is 2.02. The average molecular weight is 250 g/mol. The van der Waals surface area contributed by atoms with E-state index in [4.69, 9.17) is 4.74 Å². The second kappa shape index (κ2) is 6.44. The van der Waals surface area contributed by atoms with E-state index in [1.54, 1.807) is 12.1 Å². The van der Waals surface area contributed by atoms with E-state index in [9.17, 15) is 14.7 Å². The van der Waals surface area contributed by atoms with Crippen LogP contribution in [0.25, 0.3) is 6.08 Å². The van der Waals surface area contributed by atoms with E-state index in [1.165, 1.54) is 32.3 Å². The highest BCUT2D eigenvalue weighted by Crippen LogP contribution is 2.26. The Kier molecular flexibility index (Phi) is 4.92. The minimum atomic E-state index is -0.600. The third-order valence-electron chi connectivity index (χ3n) is 2.03. The van der Waals surface area contributed by atoms with Gasteiger partial charge in [-0.05, 0) is 30.7 Å². The molecule has 0 spiro atoms. The first kappa shape index (κ1) is 13.8. The van der Waals surface area contributed by atoms with Crippen LogP contribution in [0.4, 0.5) is 0 Å². The van der Waals surface area contributed by atoms with Crippen molar-refractivity contribution in [3.8, 4) is 11.5 Å². The van der Waals surface area contributed by atoms with Crippen LogP contribution in [0.15, 0.2) is 24.3 Å². The number of carbonyl (C=O) groups is 2. The lowest BCUT2D eigenvalue weighted by molar-refractivity contribution is -0.142. The second-order valence-corrected chi connectivity index (χ2v) is 3.57. The first-order valence-corrected chi connectivity index (χ1v) is 5.24. The van der Waals surface area contributed by atoms with E-state index in [0.717, 1.165) is 0 Å². The first-order valence-electron chi connectivity index (χ1n) is 5.24. The van der Waals surface area contributed by atoms with Crippen molar-refractivity contribution >= 4 is 17.8 Å². The normalized spacial score (nSPS) is 10.3. The van der Waals surface area contributed by atoms with E-state index in [1.807, 2.05) is 0 Å². The van der Waals surface area contributed by atoms with Crippen molar-refractivity contribution in [1.82, 2.24) is 0 Å². The standard InChI is InChI=1S/C13H14O5/c1-9(14)8-18-13(16)6-4-10-3-5-11(15)12(7-10)17-2/h3-7,15H,8H2,1-2H3/b6-4+. The zero-order valence-corrected chi connectivity index (χ0v) is 10.2. The van der Waals surface area contributed by atoms with Crippen molar-refractivity contribution in [2.24, 2.45) is 0 Å². The van der Waals surface area contributed by atoms with Crippen molar-refractivity contribution in [3.63, 3.8) is 0 Å². The summed E-state index contributed by atoms with van der Waals surface area (Å²) in [5, 5.41) is 9.38. The van der Waals surface area contributed by atoms with Gasteiger partial charge >= 0.3 is 5.97 Å². The maximum absolute atomic E-state index is 11.2. The van der Waals surface area contributed by atoms with E-state index in [2.05, 4.69) is 4.74 Å². The van der Waals surface area contributed by atoms with Crippen LogP contribution in [0.3, 0.4) is 0 Å². The molecule has 0 unspecified atom stereocenters. The average Bonchev–Trinajstić information content (AvgIpc) is 2.35. The molecular formula is C13H14O5. The fourth-order valence-corrected chi connectivity index (χ4v) is 1.18. The third-order valence-corrected chi connectivity index (χ3v) is 2.03. The molecule has 0 atom stereocenters. The smallest absolute Gasteiger partial charge is 0.331 e. The summed E-state index contributed by atoms with van der Waals surface area (Å²) < 4.78 is 9.58. The van der Waals surface area contributed by atoms with Crippen LogP contribution < -0.4 is 4.74 Å². The predicted molar refractivity (Wildman–Crippen MR) is 65.3 cm³/mol. The number of benzene rings is 1. The molecule has 18 heavy (non-hydrogen) atoms. The van der Waals surface area contributed by atoms with Gasteiger partial charge < -0.3 is 14.6 Å². The molecule has 0 bridgehead atoms. The largest absolute Gasteiger partial charge is 0.504 e. The van der Waals surface area contributed by atoms with Gasteiger partial charge in [-0.25, -0.2) is 4.79 Å². The van der Waals surface area contributed by atoms with Crippen molar-refractivity contribution in [3.05, 3.63) is 29.8 Å². The van der Waals surface area contributed by atoms with E-state index >= 15 is 0 Å². The first-order chi connectivity index (χ1) is 8.52. The molecule has 1 N–H and O–H groups in total. The number of ketones is 1. The van der Waals surface area contributed by atoms with Crippen LogP contribution >= 0.6 is 0 Å². The van der Waals surface area contributed by atoms with Crippen molar-refractivity contribution < 1.29 is 24.2 Å². The lowest BCUT2D eigenvalue weighted by Gasteiger charge is -2.03. The number of esters is 1. The topological polar surface area (TPSA) is 72.8 Å². The number of rotatable bonds is 5. The quantitative estimate of drug-likeness (QED) is 0.634. The molecule has 0 aliphatic carbocycles. The summed E-state index contributed by atoms with van der Waals surface area (Å²) in [6.07, 6.45) is 2.71. The molecule has 0 amide bonds. The molecule has 5 heteroatoms. The Morgan fingerprint density at radius 2 is 2.11 bits per heavy atom. The summed E-state index contributed by atoms with van der Waals surface area (Å²) in [7, 11) is 1.43. The predicted octanol–water partition coefficient (Wildman–Crippen LogP) is 1.55. The Balaban J connectivity index is 2.66. The van der Waals surface area contributed by atoms with Crippen LogP contribution in [0.2, 0.25) is 0 Å². The van der Waals surface area contributed by atoms with Crippen LogP contribution in [-0.4, -0.2) is 30.6 Å². The number of hydrogen-bond acceptors (Lipinski definition) is 5. The Bertz CT molecular complexity index is 476. The zero-order chi connectivity index (χ0) is 13.5. The summed E-state index contributed by atoms with van der Waals surface area (Å²) in [5.41, 5.74) is 0.671. The van der Waals surface area contributed by atoms with Crippen molar-refractivity contribution in [1.29, 1.82) is 0 Å². The van der Waals surface area contributed by atoms with Gasteiger partial charge in [0.25, 0.3) is 0 Å². The summed E-state index contributed by atoms with van der Waals surface area (Å²) >= 11 is 0. The van der Waals surface area contributed by atoms with Gasteiger partial charge in [0.2, 0.25) is 0 Å². The van der Waals surface area contributed by atoms with E-state index in [0.29, 0.717) is 11.3 Å². The monoisotopic (exact) mass is 250 g/mol. The summed E-state index contributed by atoms with van der Waals surface area (Å²) in [4.78, 5) is 21.8. The molecule has 0 radical (unpaired) electrons. The molecule has 0 fully saturated rings. The van der Waals surface area contributed by atoms with Gasteiger partial charge in [0.1, 0.15) is 6.61 Å². The van der Waals surface area contributed by atoms with E-state index < -0.39 is 5.97 Å². The molecule has 0 aliphatic heterocycles. The SMILES string of the molecule is COc1cc(/C=C/C(=O)OCC(C)=O)ccc1O. The van der Waals surface area contributed by atoms with Gasteiger partial charge in [-0.1, -0.05) is 6.07 Å². The Labute approximate surface area is 105 Å². The fraction of sp³-hybridized carbons (Fsp3) is 0.231. The maximum atomic E-state index is 11.2. The minimum absolute atomic E-state index is 0.0220. The molecule has 0 saturated carbocycles. The second-order valence-electron chi connectivity index (χ2n) is 3.57. The third kappa shape index (κ3) is 4.29. The highest BCUT2D eigenvalue weighted by atomic mass is 16.5.